The van der Waals surface area contributed by atoms with Gasteiger partial charge in [0.2, 0.25) is 0 Å². The van der Waals surface area contributed by atoms with E-state index in [9.17, 15) is 19.3 Å². The van der Waals surface area contributed by atoms with Crippen molar-refractivity contribution in [1.29, 1.82) is 0 Å². The van der Waals surface area contributed by atoms with E-state index in [1.165, 1.54) is 12.1 Å². The van der Waals surface area contributed by atoms with E-state index < -0.39 is 10.5 Å². The van der Waals surface area contributed by atoms with Crippen LogP contribution in [-0.2, 0) is 11.3 Å². The van der Waals surface area contributed by atoms with Crippen molar-refractivity contribution < 1.29 is 18.8 Å². The number of anilines is 2. The fraction of sp³-hybridized carbons (Fsp3) is 0.409. The number of hydrogen-bond acceptors (Lipinski definition) is 6. The molecule has 0 bridgehead atoms. The quantitative estimate of drug-likeness (QED) is 0.559. The zero-order chi connectivity index (χ0) is 22.6. The highest BCUT2D eigenvalue weighted by Gasteiger charge is 2.29. The van der Waals surface area contributed by atoms with Crippen molar-refractivity contribution >= 4 is 23.2 Å². The van der Waals surface area contributed by atoms with E-state index in [2.05, 4.69) is 5.32 Å². The molecular formula is C22H27FN4O4. The summed E-state index contributed by atoms with van der Waals surface area (Å²) in [5.74, 6) is -0.356. The molecule has 166 valence electrons. The van der Waals surface area contributed by atoms with Gasteiger partial charge in [0.05, 0.1) is 4.92 Å². The molecule has 0 spiro atoms. The van der Waals surface area contributed by atoms with Gasteiger partial charge in [-0.1, -0.05) is 18.2 Å². The summed E-state index contributed by atoms with van der Waals surface area (Å²) < 4.78 is 18.8. The van der Waals surface area contributed by atoms with Crippen LogP contribution >= 0.6 is 0 Å². The number of carbonyl (C=O) groups is 1. The Kier molecular flexibility index (Phi) is 6.62. The van der Waals surface area contributed by atoms with Gasteiger partial charge in [0.1, 0.15) is 22.8 Å². The molecule has 1 heterocycles. The van der Waals surface area contributed by atoms with Crippen LogP contribution in [0.15, 0.2) is 42.5 Å². The number of piperazine rings is 1. The molecule has 0 aliphatic carbocycles. The van der Waals surface area contributed by atoms with Crippen LogP contribution < -0.4 is 10.2 Å². The standard InChI is InChI=1S/C22H27FN4O4/c1-22(2,3)31-21(28)26-12-10-25(11-13-26)19-9-5-8-18(20(19)27(29)30)24-15-16-6-4-7-17(23)14-16/h4-9,14,24H,10-13,15H2,1-3H3. The van der Waals surface area contributed by atoms with Crippen molar-refractivity contribution in [2.24, 2.45) is 0 Å². The highest BCUT2D eigenvalue weighted by molar-refractivity contribution is 5.77. The molecule has 2 aromatic carbocycles. The van der Waals surface area contributed by atoms with Crippen LogP contribution in [-0.4, -0.2) is 47.7 Å². The van der Waals surface area contributed by atoms with Gasteiger partial charge in [-0.25, -0.2) is 9.18 Å². The Morgan fingerprint density at radius 2 is 1.84 bits per heavy atom. The van der Waals surface area contributed by atoms with Gasteiger partial charge in [0.25, 0.3) is 0 Å². The first-order valence-corrected chi connectivity index (χ1v) is 10.1. The summed E-state index contributed by atoms with van der Waals surface area (Å²) in [6.07, 6.45) is -0.382. The fourth-order valence-electron chi connectivity index (χ4n) is 3.42. The summed E-state index contributed by atoms with van der Waals surface area (Å²) in [4.78, 5) is 27.2. The smallest absolute Gasteiger partial charge is 0.410 e. The number of para-hydroxylation sites is 1. The van der Waals surface area contributed by atoms with E-state index in [-0.39, 0.29) is 24.1 Å². The number of ether oxygens (including phenoxy) is 1. The minimum atomic E-state index is -0.575. The molecule has 0 atom stereocenters. The third kappa shape index (κ3) is 5.84. The summed E-state index contributed by atoms with van der Waals surface area (Å²) in [5.41, 5.74) is 0.920. The normalized spacial score (nSPS) is 14.3. The van der Waals surface area contributed by atoms with Crippen LogP contribution in [0.2, 0.25) is 0 Å². The van der Waals surface area contributed by atoms with Crippen molar-refractivity contribution in [1.82, 2.24) is 4.90 Å². The maximum atomic E-state index is 13.4. The second-order valence-corrected chi connectivity index (χ2v) is 8.37. The number of benzene rings is 2. The molecule has 1 N–H and O–H groups in total. The second kappa shape index (κ2) is 9.20. The van der Waals surface area contributed by atoms with E-state index in [0.29, 0.717) is 43.1 Å². The van der Waals surface area contributed by atoms with Crippen molar-refractivity contribution in [3.05, 3.63) is 64.0 Å². The Hall–Kier alpha value is -3.36. The van der Waals surface area contributed by atoms with Crippen LogP contribution in [0.5, 0.6) is 0 Å². The molecule has 3 rings (SSSR count). The molecule has 2 aromatic rings. The van der Waals surface area contributed by atoms with Crippen LogP contribution in [0, 0.1) is 15.9 Å². The fourth-order valence-corrected chi connectivity index (χ4v) is 3.42. The predicted molar refractivity (Wildman–Crippen MR) is 117 cm³/mol. The topological polar surface area (TPSA) is 88.0 Å². The van der Waals surface area contributed by atoms with Crippen molar-refractivity contribution in [3.8, 4) is 0 Å². The van der Waals surface area contributed by atoms with Crippen LogP contribution in [0.4, 0.5) is 26.2 Å². The van der Waals surface area contributed by atoms with E-state index in [4.69, 9.17) is 4.74 Å². The first-order chi connectivity index (χ1) is 14.6. The zero-order valence-electron chi connectivity index (χ0n) is 17.9. The van der Waals surface area contributed by atoms with E-state index >= 15 is 0 Å². The number of nitrogens with zero attached hydrogens (tertiary/aromatic N) is 3. The van der Waals surface area contributed by atoms with Gasteiger partial charge in [-0.2, -0.15) is 0 Å². The monoisotopic (exact) mass is 430 g/mol. The molecule has 31 heavy (non-hydrogen) atoms. The SMILES string of the molecule is CC(C)(C)OC(=O)N1CCN(c2cccc(NCc3cccc(F)c3)c2[N+](=O)[O-])CC1. The number of nitro benzene ring substituents is 1. The molecule has 8 nitrogen and oxygen atoms in total. The van der Waals surface area contributed by atoms with Crippen LogP contribution in [0.25, 0.3) is 0 Å². The number of hydrogen-bond donors (Lipinski definition) is 1. The van der Waals surface area contributed by atoms with E-state index in [1.807, 2.05) is 25.7 Å². The lowest BCUT2D eigenvalue weighted by Gasteiger charge is -2.36. The molecule has 1 amide bonds. The molecule has 9 heteroatoms. The maximum Gasteiger partial charge on any atom is 0.410 e. The molecule has 1 saturated heterocycles. The van der Waals surface area contributed by atoms with Crippen molar-refractivity contribution in [2.45, 2.75) is 32.9 Å². The van der Waals surface area contributed by atoms with Gasteiger partial charge >= 0.3 is 11.8 Å². The third-order valence-corrected chi connectivity index (χ3v) is 4.84. The summed E-state index contributed by atoms with van der Waals surface area (Å²) in [7, 11) is 0. The van der Waals surface area contributed by atoms with E-state index in [1.54, 1.807) is 35.2 Å². The molecule has 1 aliphatic heterocycles. The zero-order valence-corrected chi connectivity index (χ0v) is 17.9. The van der Waals surface area contributed by atoms with Crippen molar-refractivity contribution in [3.63, 3.8) is 0 Å². The Labute approximate surface area is 180 Å². The van der Waals surface area contributed by atoms with Gasteiger partial charge in [-0.15, -0.1) is 0 Å². The second-order valence-electron chi connectivity index (χ2n) is 8.37. The maximum absolute atomic E-state index is 13.4. The van der Waals surface area contributed by atoms with Gasteiger partial charge in [-0.3, -0.25) is 10.1 Å². The molecule has 0 radical (unpaired) electrons. The lowest BCUT2D eigenvalue weighted by molar-refractivity contribution is -0.383. The lowest BCUT2D eigenvalue weighted by atomic mass is 10.1. The number of amides is 1. The third-order valence-electron chi connectivity index (χ3n) is 4.84. The molecule has 1 fully saturated rings. The number of carbonyl (C=O) groups excluding carboxylic acids is 1. The number of nitro groups is 1. The first kappa shape index (κ1) is 22.3. The Bertz CT molecular complexity index is 953. The van der Waals surface area contributed by atoms with Gasteiger partial charge in [-0.05, 0) is 50.6 Å². The largest absolute Gasteiger partial charge is 0.444 e. The summed E-state index contributed by atoms with van der Waals surface area (Å²) in [6.45, 7) is 7.42. The predicted octanol–water partition coefficient (Wildman–Crippen LogP) is 4.40. The van der Waals surface area contributed by atoms with Crippen molar-refractivity contribution in [2.75, 3.05) is 36.4 Å². The minimum absolute atomic E-state index is 0.0374. The Morgan fingerprint density at radius 1 is 1.16 bits per heavy atom. The Balaban J connectivity index is 1.72. The van der Waals surface area contributed by atoms with Gasteiger partial charge in [0.15, 0.2) is 0 Å². The average molecular weight is 430 g/mol. The lowest BCUT2D eigenvalue weighted by Crippen LogP contribution is -2.50. The summed E-state index contributed by atoms with van der Waals surface area (Å²) in [5, 5.41) is 14.9. The summed E-state index contributed by atoms with van der Waals surface area (Å²) in [6, 6.07) is 11.2. The molecular weight excluding hydrogens is 403 g/mol. The van der Waals surface area contributed by atoms with Crippen LogP contribution in [0.3, 0.4) is 0 Å². The highest BCUT2D eigenvalue weighted by atomic mass is 19.1. The number of nitrogens with one attached hydrogen (secondary N) is 1. The molecule has 0 aromatic heterocycles. The highest BCUT2D eigenvalue weighted by Crippen LogP contribution is 2.36. The van der Waals surface area contributed by atoms with Gasteiger partial charge in [0, 0.05) is 32.7 Å². The summed E-state index contributed by atoms with van der Waals surface area (Å²) >= 11 is 0. The Morgan fingerprint density at radius 3 is 2.45 bits per heavy atom. The average Bonchev–Trinajstić information content (AvgIpc) is 2.71. The molecule has 1 aliphatic rings. The number of halogens is 1. The number of rotatable bonds is 5. The molecule has 0 unspecified atom stereocenters. The van der Waals surface area contributed by atoms with Crippen LogP contribution in [0.1, 0.15) is 26.3 Å². The minimum Gasteiger partial charge on any atom is -0.444 e. The molecule has 0 saturated carbocycles. The van der Waals surface area contributed by atoms with Gasteiger partial charge < -0.3 is 19.9 Å². The first-order valence-electron chi connectivity index (χ1n) is 10.1. The van der Waals surface area contributed by atoms with E-state index in [0.717, 1.165) is 0 Å².